The average molecular weight is 434 g/mol. The quantitative estimate of drug-likeness (QED) is 0.331. The van der Waals surface area contributed by atoms with Gasteiger partial charge in [-0.25, -0.2) is 0 Å². The van der Waals surface area contributed by atoms with Crippen LogP contribution in [-0.4, -0.2) is 10.2 Å². The van der Waals surface area contributed by atoms with Gasteiger partial charge in [-0.05, 0) is 61.9 Å². The maximum absolute atomic E-state index is 12.9. The molecule has 0 radical (unpaired) electrons. The predicted molar refractivity (Wildman–Crippen MR) is 129 cm³/mol. The molecule has 4 rings (SSSR count). The first-order valence-electron chi connectivity index (χ1n) is 9.19. The number of thiocarbonyl (C=S) groups is 1. The third-order valence-electron chi connectivity index (χ3n) is 4.52. The van der Waals surface area contributed by atoms with Crippen molar-refractivity contribution in [3.8, 4) is 0 Å². The van der Waals surface area contributed by atoms with E-state index in [-0.39, 0.29) is 5.91 Å². The van der Waals surface area contributed by atoms with Crippen molar-refractivity contribution in [2.24, 2.45) is 0 Å². The molecule has 144 valence electrons. The fourth-order valence-corrected chi connectivity index (χ4v) is 5.03. The largest absolute Gasteiger partial charge is 0.270 e. The number of anilines is 1. The fraction of sp³-hybridized carbons (Fsp3) is 0.0833. The van der Waals surface area contributed by atoms with Gasteiger partial charge in [0, 0.05) is 9.79 Å². The highest BCUT2D eigenvalue weighted by atomic mass is 32.2. The Labute approximate surface area is 185 Å². The second kappa shape index (κ2) is 8.57. The number of aryl methyl sites for hydroxylation is 2. The summed E-state index contributed by atoms with van der Waals surface area (Å²) in [7, 11) is 0. The lowest BCUT2D eigenvalue weighted by molar-refractivity contribution is -0.113. The Morgan fingerprint density at radius 3 is 1.93 bits per heavy atom. The normalized spacial score (nSPS) is 15.4. The first-order chi connectivity index (χ1) is 14.0. The highest BCUT2D eigenvalue weighted by Crippen LogP contribution is 2.36. The van der Waals surface area contributed by atoms with E-state index in [1.165, 1.54) is 27.1 Å². The second-order valence-corrected chi connectivity index (χ2v) is 9.66. The monoisotopic (exact) mass is 433 g/mol. The van der Waals surface area contributed by atoms with E-state index >= 15 is 0 Å². The van der Waals surface area contributed by atoms with Gasteiger partial charge < -0.3 is 0 Å². The van der Waals surface area contributed by atoms with Crippen molar-refractivity contribution in [1.82, 2.24) is 0 Å². The lowest BCUT2D eigenvalue weighted by atomic mass is 10.2. The number of benzene rings is 3. The third kappa shape index (κ3) is 4.64. The second-order valence-electron chi connectivity index (χ2n) is 6.84. The summed E-state index contributed by atoms with van der Waals surface area (Å²) in [6.07, 6.45) is 1.91. The van der Waals surface area contributed by atoms with Crippen molar-refractivity contribution in [3.05, 3.63) is 94.4 Å². The van der Waals surface area contributed by atoms with Gasteiger partial charge in [-0.15, -0.1) is 0 Å². The first kappa shape index (κ1) is 20.0. The van der Waals surface area contributed by atoms with Crippen LogP contribution in [0.4, 0.5) is 5.69 Å². The molecule has 1 amide bonds. The van der Waals surface area contributed by atoms with Gasteiger partial charge >= 0.3 is 0 Å². The van der Waals surface area contributed by atoms with Gasteiger partial charge in [0.15, 0.2) is 4.32 Å². The molecule has 29 heavy (non-hydrogen) atoms. The van der Waals surface area contributed by atoms with Crippen LogP contribution in [0.5, 0.6) is 0 Å². The van der Waals surface area contributed by atoms with E-state index in [2.05, 4.69) is 43.3 Å². The molecule has 5 heteroatoms. The highest BCUT2D eigenvalue weighted by molar-refractivity contribution is 8.27. The molecule has 0 spiro atoms. The highest BCUT2D eigenvalue weighted by Gasteiger charge is 2.33. The van der Waals surface area contributed by atoms with Crippen molar-refractivity contribution >= 4 is 57.7 Å². The molecule has 0 aromatic heterocycles. The molecule has 1 aliphatic rings. The van der Waals surface area contributed by atoms with Gasteiger partial charge in [0.2, 0.25) is 0 Å². The molecule has 2 nitrogen and oxygen atoms in total. The summed E-state index contributed by atoms with van der Waals surface area (Å²) >= 11 is 8.53. The molecule has 0 bridgehead atoms. The van der Waals surface area contributed by atoms with Crippen LogP contribution < -0.4 is 4.90 Å². The van der Waals surface area contributed by atoms with Crippen LogP contribution in [-0.2, 0) is 4.79 Å². The molecular formula is C24H19NOS3. The number of nitrogens with zero attached hydrogens (tertiary/aromatic N) is 1. The topological polar surface area (TPSA) is 20.3 Å². The minimum Gasteiger partial charge on any atom is -0.268 e. The summed E-state index contributed by atoms with van der Waals surface area (Å²) in [5.74, 6) is -0.0676. The summed E-state index contributed by atoms with van der Waals surface area (Å²) in [6, 6.07) is 24.6. The Morgan fingerprint density at radius 2 is 1.34 bits per heavy atom. The van der Waals surface area contributed by atoms with Crippen LogP contribution in [0.3, 0.4) is 0 Å². The first-order valence-corrected chi connectivity index (χ1v) is 11.2. The average Bonchev–Trinajstić information content (AvgIpc) is 2.99. The van der Waals surface area contributed by atoms with E-state index in [1.807, 2.05) is 49.4 Å². The van der Waals surface area contributed by atoms with Gasteiger partial charge in [-0.3, -0.25) is 9.69 Å². The summed E-state index contributed by atoms with van der Waals surface area (Å²) in [6.45, 7) is 4.11. The Bertz CT molecular complexity index is 1080. The lowest BCUT2D eigenvalue weighted by Gasteiger charge is -2.14. The fourth-order valence-electron chi connectivity index (χ4n) is 2.91. The smallest absolute Gasteiger partial charge is 0.268 e. The molecule has 1 aliphatic heterocycles. The van der Waals surface area contributed by atoms with Crippen molar-refractivity contribution in [2.75, 3.05) is 4.90 Å². The molecule has 0 aliphatic carbocycles. The van der Waals surface area contributed by atoms with Crippen LogP contribution >= 0.6 is 35.7 Å². The molecule has 3 aromatic carbocycles. The molecular weight excluding hydrogens is 414 g/mol. The van der Waals surface area contributed by atoms with Crippen LogP contribution in [0.15, 0.2) is 87.5 Å². The van der Waals surface area contributed by atoms with Crippen LogP contribution in [0.25, 0.3) is 6.08 Å². The zero-order chi connectivity index (χ0) is 20.4. The molecule has 1 fully saturated rings. The van der Waals surface area contributed by atoms with E-state index in [1.54, 1.807) is 16.7 Å². The summed E-state index contributed by atoms with van der Waals surface area (Å²) in [5.41, 5.74) is 4.21. The Morgan fingerprint density at radius 1 is 0.828 bits per heavy atom. The Kier molecular flexibility index (Phi) is 5.90. The van der Waals surface area contributed by atoms with E-state index in [0.29, 0.717) is 9.23 Å². The standard InChI is InChI=1S/C24H19NOS3/c1-16-3-9-19(10-4-16)25-23(26)22(29-24(25)27)15-18-7-13-21(14-8-18)28-20-11-5-17(2)6-12-20/h3-15H,1-2H3/b22-15+. The van der Waals surface area contributed by atoms with Crippen LogP contribution in [0.1, 0.15) is 16.7 Å². The summed E-state index contributed by atoms with van der Waals surface area (Å²) in [5, 5.41) is 0. The zero-order valence-corrected chi connectivity index (χ0v) is 18.5. The lowest BCUT2D eigenvalue weighted by Crippen LogP contribution is -2.27. The van der Waals surface area contributed by atoms with Gasteiger partial charge in [0.1, 0.15) is 0 Å². The summed E-state index contributed by atoms with van der Waals surface area (Å²) < 4.78 is 0.566. The van der Waals surface area contributed by atoms with Crippen LogP contribution in [0.2, 0.25) is 0 Å². The van der Waals surface area contributed by atoms with Crippen molar-refractivity contribution < 1.29 is 4.79 Å². The van der Waals surface area contributed by atoms with Gasteiger partial charge in [-0.2, -0.15) is 0 Å². The summed E-state index contributed by atoms with van der Waals surface area (Å²) in [4.78, 5) is 17.5. The van der Waals surface area contributed by atoms with Crippen LogP contribution in [0, 0.1) is 13.8 Å². The number of hydrogen-bond acceptors (Lipinski definition) is 4. The Hall–Kier alpha value is -2.34. The van der Waals surface area contributed by atoms with E-state index < -0.39 is 0 Å². The van der Waals surface area contributed by atoms with Gasteiger partial charge in [0.05, 0.1) is 10.6 Å². The SMILES string of the molecule is Cc1ccc(Sc2ccc(/C=C3/SC(=S)N(c4ccc(C)cc4)C3=O)cc2)cc1. The van der Waals surface area contributed by atoms with E-state index in [0.717, 1.165) is 16.8 Å². The Balaban J connectivity index is 1.50. The zero-order valence-electron chi connectivity index (χ0n) is 16.1. The molecule has 3 aromatic rings. The third-order valence-corrected chi connectivity index (χ3v) is 6.84. The predicted octanol–water partition coefficient (Wildman–Crippen LogP) is 6.86. The van der Waals surface area contributed by atoms with Gasteiger partial charge in [-0.1, -0.05) is 83.3 Å². The maximum atomic E-state index is 12.9. The molecule has 1 heterocycles. The number of carbonyl (C=O) groups excluding carboxylic acids is 1. The number of amides is 1. The number of rotatable bonds is 4. The number of hydrogen-bond donors (Lipinski definition) is 0. The minimum absolute atomic E-state index is 0.0676. The number of thioether (sulfide) groups is 1. The van der Waals surface area contributed by atoms with Crippen molar-refractivity contribution in [2.45, 2.75) is 23.6 Å². The maximum Gasteiger partial charge on any atom is 0.270 e. The van der Waals surface area contributed by atoms with E-state index in [4.69, 9.17) is 12.2 Å². The molecule has 0 unspecified atom stereocenters. The molecule has 0 atom stereocenters. The van der Waals surface area contributed by atoms with E-state index in [9.17, 15) is 4.79 Å². The van der Waals surface area contributed by atoms with Crippen molar-refractivity contribution in [3.63, 3.8) is 0 Å². The van der Waals surface area contributed by atoms with Crippen molar-refractivity contribution in [1.29, 1.82) is 0 Å². The molecule has 0 N–H and O–H groups in total. The molecule has 1 saturated heterocycles. The minimum atomic E-state index is -0.0676. The van der Waals surface area contributed by atoms with Gasteiger partial charge in [0.25, 0.3) is 5.91 Å². The number of carbonyl (C=O) groups is 1. The molecule has 0 saturated carbocycles.